The fraction of sp³-hybridized carbons (Fsp3) is 1.00. The molecule has 17 heavy (non-hydrogen) atoms. The molecule has 0 unspecified atom stereocenters. The Labute approximate surface area is 108 Å². The van der Waals surface area contributed by atoms with E-state index in [1.807, 2.05) is 0 Å². The summed E-state index contributed by atoms with van der Waals surface area (Å²) < 4.78 is 0. The first-order chi connectivity index (χ1) is 8.00. The van der Waals surface area contributed by atoms with Crippen molar-refractivity contribution in [2.75, 3.05) is 13.1 Å². The molecule has 0 aromatic heterocycles. The Morgan fingerprint density at radius 2 is 1.76 bits per heavy atom. The maximum Gasteiger partial charge on any atom is 0.0166 e. The zero-order valence-corrected chi connectivity index (χ0v) is 12.3. The van der Waals surface area contributed by atoms with Crippen molar-refractivity contribution < 1.29 is 0 Å². The van der Waals surface area contributed by atoms with Crippen molar-refractivity contribution >= 4 is 0 Å². The maximum atomic E-state index is 6.34. The van der Waals surface area contributed by atoms with Crippen molar-refractivity contribution in [1.82, 2.24) is 4.90 Å². The molecule has 2 heteroatoms. The minimum Gasteiger partial charge on any atom is -0.325 e. The summed E-state index contributed by atoms with van der Waals surface area (Å²) in [5.41, 5.74) is 6.52. The number of hydrogen-bond donors (Lipinski definition) is 1. The predicted molar refractivity (Wildman–Crippen MR) is 76.2 cm³/mol. The van der Waals surface area contributed by atoms with Gasteiger partial charge in [-0.2, -0.15) is 0 Å². The molecule has 0 saturated heterocycles. The molecule has 0 radical (unpaired) electrons. The highest BCUT2D eigenvalue weighted by Gasteiger charge is 2.32. The van der Waals surface area contributed by atoms with Crippen LogP contribution in [-0.4, -0.2) is 29.6 Å². The highest BCUT2D eigenvalue weighted by molar-refractivity contribution is 4.93. The van der Waals surface area contributed by atoms with E-state index in [-0.39, 0.29) is 5.54 Å². The van der Waals surface area contributed by atoms with E-state index in [9.17, 15) is 0 Å². The topological polar surface area (TPSA) is 29.3 Å². The summed E-state index contributed by atoms with van der Waals surface area (Å²) in [6.07, 6.45) is 7.54. The van der Waals surface area contributed by atoms with Crippen molar-refractivity contribution in [3.05, 3.63) is 0 Å². The largest absolute Gasteiger partial charge is 0.325 e. The van der Waals surface area contributed by atoms with Crippen LogP contribution in [0.2, 0.25) is 0 Å². The second-order valence-corrected chi connectivity index (χ2v) is 6.33. The monoisotopic (exact) mass is 240 g/mol. The Hall–Kier alpha value is -0.0800. The summed E-state index contributed by atoms with van der Waals surface area (Å²) in [5, 5.41) is 0. The molecule has 1 fully saturated rings. The normalized spacial score (nSPS) is 19.1. The van der Waals surface area contributed by atoms with Gasteiger partial charge in [-0.25, -0.2) is 0 Å². The highest BCUT2D eigenvalue weighted by atomic mass is 15.2. The van der Waals surface area contributed by atoms with E-state index in [0.29, 0.717) is 0 Å². The molecule has 0 heterocycles. The lowest BCUT2D eigenvalue weighted by molar-refractivity contribution is 0.129. The smallest absolute Gasteiger partial charge is 0.0166 e. The summed E-state index contributed by atoms with van der Waals surface area (Å²) in [6, 6.07) is 0.751. The van der Waals surface area contributed by atoms with Gasteiger partial charge < -0.3 is 10.6 Å². The Morgan fingerprint density at radius 3 is 2.12 bits per heavy atom. The molecule has 0 spiro atoms. The molecule has 1 rings (SSSR count). The third-order valence-corrected chi connectivity index (χ3v) is 4.30. The number of hydrogen-bond acceptors (Lipinski definition) is 2. The van der Waals surface area contributed by atoms with Gasteiger partial charge in [-0.15, -0.1) is 0 Å². The molecule has 0 amide bonds. The molecular weight excluding hydrogens is 208 g/mol. The van der Waals surface area contributed by atoms with Gasteiger partial charge in [0, 0.05) is 24.7 Å². The van der Waals surface area contributed by atoms with Gasteiger partial charge in [0.1, 0.15) is 0 Å². The molecule has 2 N–H and O–H groups in total. The van der Waals surface area contributed by atoms with E-state index in [1.165, 1.54) is 51.6 Å². The lowest BCUT2D eigenvalue weighted by atomic mass is 9.75. The van der Waals surface area contributed by atoms with Crippen molar-refractivity contribution in [2.45, 2.75) is 77.8 Å². The summed E-state index contributed by atoms with van der Waals surface area (Å²) >= 11 is 0. The minimum atomic E-state index is 0.182. The van der Waals surface area contributed by atoms with Crippen molar-refractivity contribution in [2.24, 2.45) is 11.7 Å². The lowest BCUT2D eigenvalue weighted by Crippen LogP contribution is -2.50. The molecule has 1 saturated carbocycles. The third-order valence-electron chi connectivity index (χ3n) is 4.30. The Bertz CT molecular complexity index is 205. The number of nitrogens with zero attached hydrogens (tertiary/aromatic N) is 1. The number of rotatable bonds is 8. The van der Waals surface area contributed by atoms with Crippen LogP contribution in [0.25, 0.3) is 0 Å². The van der Waals surface area contributed by atoms with E-state index in [4.69, 9.17) is 5.73 Å². The Balaban J connectivity index is 2.44. The summed E-state index contributed by atoms with van der Waals surface area (Å²) in [7, 11) is 0. The predicted octanol–water partition coefficient (Wildman–Crippen LogP) is 3.40. The second kappa shape index (κ2) is 6.75. The van der Waals surface area contributed by atoms with Crippen LogP contribution in [-0.2, 0) is 0 Å². The molecule has 1 aliphatic rings. The average molecular weight is 240 g/mol. The van der Waals surface area contributed by atoms with Crippen LogP contribution in [0.5, 0.6) is 0 Å². The average Bonchev–Trinajstić information content (AvgIpc) is 2.24. The van der Waals surface area contributed by atoms with Crippen LogP contribution in [0.15, 0.2) is 0 Å². The number of nitrogens with two attached hydrogens (primary N) is 1. The van der Waals surface area contributed by atoms with Gasteiger partial charge in [-0.1, -0.05) is 27.7 Å². The van der Waals surface area contributed by atoms with E-state index in [1.54, 1.807) is 0 Å². The zero-order chi connectivity index (χ0) is 12.9. The summed E-state index contributed by atoms with van der Waals surface area (Å²) in [4.78, 5) is 2.68. The molecule has 0 atom stereocenters. The molecular formula is C15H32N2. The molecule has 0 aromatic carbocycles. The van der Waals surface area contributed by atoms with Crippen LogP contribution in [0, 0.1) is 5.92 Å². The van der Waals surface area contributed by atoms with E-state index in [2.05, 4.69) is 32.6 Å². The van der Waals surface area contributed by atoms with Crippen molar-refractivity contribution in [3.63, 3.8) is 0 Å². The zero-order valence-electron chi connectivity index (χ0n) is 12.3. The summed E-state index contributed by atoms with van der Waals surface area (Å²) in [6.45, 7) is 11.7. The standard InChI is InChI=1S/C15H32N2/c1-5-14(6-2)17(12-13(3)4)11-10-15(16)8-7-9-15/h13-14H,5-12,16H2,1-4H3. The molecule has 0 bridgehead atoms. The maximum absolute atomic E-state index is 6.34. The minimum absolute atomic E-state index is 0.182. The van der Waals surface area contributed by atoms with E-state index in [0.717, 1.165) is 12.0 Å². The first kappa shape index (κ1) is 15.0. The van der Waals surface area contributed by atoms with Crippen LogP contribution < -0.4 is 5.73 Å². The molecule has 1 aliphatic carbocycles. The lowest BCUT2D eigenvalue weighted by Gasteiger charge is -2.41. The van der Waals surface area contributed by atoms with Crippen molar-refractivity contribution in [1.29, 1.82) is 0 Å². The first-order valence-electron chi connectivity index (χ1n) is 7.53. The van der Waals surface area contributed by atoms with Crippen LogP contribution in [0.1, 0.15) is 66.2 Å². The van der Waals surface area contributed by atoms with Gasteiger partial charge in [-0.05, 0) is 44.4 Å². The SMILES string of the molecule is CCC(CC)N(CCC1(N)CCC1)CC(C)C. The van der Waals surface area contributed by atoms with Crippen LogP contribution >= 0.6 is 0 Å². The molecule has 0 aromatic rings. The van der Waals surface area contributed by atoms with Gasteiger partial charge in [0.05, 0.1) is 0 Å². The van der Waals surface area contributed by atoms with Gasteiger partial charge in [0.15, 0.2) is 0 Å². The van der Waals surface area contributed by atoms with E-state index < -0.39 is 0 Å². The van der Waals surface area contributed by atoms with Gasteiger partial charge in [0.2, 0.25) is 0 Å². The molecule has 102 valence electrons. The Morgan fingerprint density at radius 1 is 1.18 bits per heavy atom. The third kappa shape index (κ3) is 4.59. The fourth-order valence-electron chi connectivity index (χ4n) is 2.94. The first-order valence-corrected chi connectivity index (χ1v) is 7.53. The Kier molecular flexibility index (Phi) is 5.94. The summed E-state index contributed by atoms with van der Waals surface area (Å²) in [5.74, 6) is 0.755. The quantitative estimate of drug-likeness (QED) is 0.704. The van der Waals surface area contributed by atoms with Crippen LogP contribution in [0.3, 0.4) is 0 Å². The molecule has 2 nitrogen and oxygen atoms in total. The second-order valence-electron chi connectivity index (χ2n) is 6.33. The van der Waals surface area contributed by atoms with Crippen LogP contribution in [0.4, 0.5) is 0 Å². The van der Waals surface area contributed by atoms with E-state index >= 15 is 0 Å². The van der Waals surface area contributed by atoms with Crippen molar-refractivity contribution in [3.8, 4) is 0 Å². The molecule has 0 aliphatic heterocycles. The fourth-order valence-corrected chi connectivity index (χ4v) is 2.94. The highest BCUT2D eigenvalue weighted by Crippen LogP contribution is 2.32. The van der Waals surface area contributed by atoms with Gasteiger partial charge in [-0.3, -0.25) is 0 Å². The van der Waals surface area contributed by atoms with Gasteiger partial charge >= 0.3 is 0 Å². The van der Waals surface area contributed by atoms with Gasteiger partial charge in [0.25, 0.3) is 0 Å².